The Hall–Kier alpha value is -1.84. The Morgan fingerprint density at radius 3 is 2.53 bits per heavy atom. The first-order valence-corrected chi connectivity index (χ1v) is 4.74. The summed E-state index contributed by atoms with van der Waals surface area (Å²) in [5.74, 6) is -0.156. The Bertz CT molecular complexity index is 335. The van der Waals surface area contributed by atoms with Crippen LogP contribution in [0.2, 0.25) is 0 Å². The van der Waals surface area contributed by atoms with E-state index in [1.807, 2.05) is 6.07 Å². The van der Waals surface area contributed by atoms with Gasteiger partial charge in [0.2, 0.25) is 5.91 Å². The number of benzene rings is 1. The van der Waals surface area contributed by atoms with Crippen LogP contribution < -0.4 is 10.1 Å². The van der Waals surface area contributed by atoms with Gasteiger partial charge in [-0.2, -0.15) is 0 Å². The van der Waals surface area contributed by atoms with Gasteiger partial charge in [0.05, 0.1) is 0 Å². The predicted molar refractivity (Wildman–Crippen MR) is 55.4 cm³/mol. The van der Waals surface area contributed by atoms with Gasteiger partial charge in [-0.25, -0.2) is 4.79 Å². The number of carbonyl (C=O) groups is 2. The second-order valence-corrected chi connectivity index (χ2v) is 2.92. The Kier molecular flexibility index (Phi) is 4.34. The molecule has 0 saturated carbocycles. The highest BCUT2D eigenvalue weighted by molar-refractivity contribution is 5.82. The van der Waals surface area contributed by atoms with E-state index in [4.69, 9.17) is 4.74 Å². The number of ether oxygens (including phenoxy) is 1. The zero-order valence-electron chi connectivity index (χ0n) is 8.53. The number of rotatable bonds is 4. The molecule has 0 aliphatic rings. The molecule has 0 spiro atoms. The maximum absolute atomic E-state index is 11.2. The Morgan fingerprint density at radius 2 is 1.93 bits per heavy atom. The highest BCUT2D eigenvalue weighted by Gasteiger charge is 2.05. The lowest BCUT2D eigenvalue weighted by atomic mass is 10.3. The zero-order valence-corrected chi connectivity index (χ0v) is 8.53. The van der Waals surface area contributed by atoms with E-state index in [1.54, 1.807) is 31.2 Å². The average molecular weight is 207 g/mol. The van der Waals surface area contributed by atoms with Crippen molar-refractivity contribution in [3.8, 4) is 5.75 Å². The number of esters is 1. The maximum atomic E-state index is 11.2. The minimum Gasteiger partial charge on any atom is -0.425 e. The lowest BCUT2D eigenvalue weighted by molar-refractivity contribution is -0.135. The van der Waals surface area contributed by atoms with Crippen molar-refractivity contribution in [2.75, 3.05) is 6.54 Å². The van der Waals surface area contributed by atoms with Crippen molar-refractivity contribution >= 4 is 11.9 Å². The summed E-state index contributed by atoms with van der Waals surface area (Å²) in [5, 5.41) is 2.44. The fourth-order valence-electron chi connectivity index (χ4n) is 0.952. The van der Waals surface area contributed by atoms with Gasteiger partial charge >= 0.3 is 5.97 Å². The molecule has 1 N–H and O–H groups in total. The van der Waals surface area contributed by atoms with Crippen molar-refractivity contribution in [2.24, 2.45) is 0 Å². The molecule has 4 nitrogen and oxygen atoms in total. The molecule has 0 aliphatic heterocycles. The molecular weight excluding hydrogens is 194 g/mol. The van der Waals surface area contributed by atoms with E-state index in [0.29, 0.717) is 12.2 Å². The van der Waals surface area contributed by atoms with Crippen molar-refractivity contribution in [1.29, 1.82) is 0 Å². The molecule has 80 valence electrons. The van der Waals surface area contributed by atoms with Crippen LogP contribution in [0.3, 0.4) is 0 Å². The van der Waals surface area contributed by atoms with Gasteiger partial charge in [-0.1, -0.05) is 25.1 Å². The summed E-state index contributed by atoms with van der Waals surface area (Å²) < 4.78 is 4.96. The smallest absolute Gasteiger partial charge is 0.330 e. The summed E-state index contributed by atoms with van der Waals surface area (Å²) in [6.07, 6.45) is 0.360. The molecule has 0 atom stereocenters. The number of hydrogen-bond donors (Lipinski definition) is 1. The van der Waals surface area contributed by atoms with E-state index in [9.17, 15) is 9.59 Å². The fourth-order valence-corrected chi connectivity index (χ4v) is 0.952. The number of para-hydroxylation sites is 1. The molecule has 15 heavy (non-hydrogen) atoms. The standard InChI is InChI=1S/C11H13NO3/c1-2-10(13)12-8-11(14)15-9-6-4-3-5-7-9/h3-7H,2,8H2,1H3,(H,12,13). The Labute approximate surface area is 88.2 Å². The molecule has 0 heterocycles. The largest absolute Gasteiger partial charge is 0.425 e. The van der Waals surface area contributed by atoms with E-state index in [-0.39, 0.29) is 12.5 Å². The van der Waals surface area contributed by atoms with Crippen LogP contribution in [0, 0.1) is 0 Å². The molecule has 0 radical (unpaired) electrons. The van der Waals surface area contributed by atoms with E-state index in [2.05, 4.69) is 5.32 Å². The van der Waals surface area contributed by atoms with Crippen LogP contribution in [0.1, 0.15) is 13.3 Å². The van der Waals surface area contributed by atoms with Gasteiger partial charge in [0.15, 0.2) is 0 Å². The molecular formula is C11H13NO3. The fraction of sp³-hybridized carbons (Fsp3) is 0.273. The topological polar surface area (TPSA) is 55.4 Å². The van der Waals surface area contributed by atoms with Crippen LogP contribution in [0.15, 0.2) is 30.3 Å². The van der Waals surface area contributed by atoms with Gasteiger partial charge in [0, 0.05) is 6.42 Å². The van der Waals surface area contributed by atoms with E-state index < -0.39 is 5.97 Å². The highest BCUT2D eigenvalue weighted by atomic mass is 16.5. The summed E-state index contributed by atoms with van der Waals surface area (Å²) >= 11 is 0. The molecule has 0 aromatic heterocycles. The van der Waals surface area contributed by atoms with Gasteiger partial charge in [-0.05, 0) is 12.1 Å². The lowest BCUT2D eigenvalue weighted by Gasteiger charge is -2.04. The molecule has 1 rings (SSSR count). The van der Waals surface area contributed by atoms with Crippen molar-refractivity contribution < 1.29 is 14.3 Å². The number of carbonyl (C=O) groups excluding carboxylic acids is 2. The molecule has 0 fully saturated rings. The molecule has 0 unspecified atom stereocenters. The zero-order chi connectivity index (χ0) is 11.1. The third kappa shape index (κ3) is 4.26. The minimum absolute atomic E-state index is 0.0957. The highest BCUT2D eigenvalue weighted by Crippen LogP contribution is 2.07. The second kappa shape index (κ2) is 5.80. The second-order valence-electron chi connectivity index (χ2n) is 2.92. The first-order chi connectivity index (χ1) is 7.22. The maximum Gasteiger partial charge on any atom is 0.330 e. The third-order valence-corrected chi connectivity index (χ3v) is 1.73. The van der Waals surface area contributed by atoms with E-state index in [1.165, 1.54) is 0 Å². The minimum atomic E-state index is -0.469. The summed E-state index contributed by atoms with van der Waals surface area (Å²) in [4.78, 5) is 22.0. The van der Waals surface area contributed by atoms with Gasteiger partial charge < -0.3 is 10.1 Å². The molecule has 0 saturated heterocycles. The van der Waals surface area contributed by atoms with Crippen LogP contribution >= 0.6 is 0 Å². The molecule has 1 amide bonds. The van der Waals surface area contributed by atoms with Crippen LogP contribution in [0.25, 0.3) is 0 Å². The first-order valence-electron chi connectivity index (χ1n) is 4.74. The van der Waals surface area contributed by atoms with Crippen molar-refractivity contribution in [1.82, 2.24) is 5.32 Å². The van der Waals surface area contributed by atoms with E-state index in [0.717, 1.165) is 0 Å². The monoisotopic (exact) mass is 207 g/mol. The van der Waals surface area contributed by atoms with Crippen molar-refractivity contribution in [3.63, 3.8) is 0 Å². The van der Waals surface area contributed by atoms with Gasteiger partial charge in [0.25, 0.3) is 0 Å². The number of nitrogens with one attached hydrogen (secondary N) is 1. The quantitative estimate of drug-likeness (QED) is 0.594. The van der Waals surface area contributed by atoms with Gasteiger partial charge in [0.1, 0.15) is 12.3 Å². The molecule has 1 aromatic rings. The summed E-state index contributed by atoms with van der Waals surface area (Å²) in [5.41, 5.74) is 0. The third-order valence-electron chi connectivity index (χ3n) is 1.73. The van der Waals surface area contributed by atoms with E-state index >= 15 is 0 Å². The first kappa shape index (κ1) is 11.2. The van der Waals surface area contributed by atoms with Crippen LogP contribution in [0.5, 0.6) is 5.75 Å². The summed E-state index contributed by atoms with van der Waals surface area (Å²) in [6, 6.07) is 8.73. The van der Waals surface area contributed by atoms with Crippen molar-refractivity contribution in [2.45, 2.75) is 13.3 Å². The SMILES string of the molecule is CCC(=O)NCC(=O)Oc1ccccc1. The predicted octanol–water partition coefficient (Wildman–Crippen LogP) is 1.12. The Morgan fingerprint density at radius 1 is 1.27 bits per heavy atom. The van der Waals surface area contributed by atoms with Crippen LogP contribution in [-0.4, -0.2) is 18.4 Å². The van der Waals surface area contributed by atoms with Crippen molar-refractivity contribution in [3.05, 3.63) is 30.3 Å². The molecule has 0 bridgehead atoms. The normalized spacial score (nSPS) is 9.40. The lowest BCUT2D eigenvalue weighted by Crippen LogP contribution is -2.31. The molecule has 1 aromatic carbocycles. The van der Waals surface area contributed by atoms with Crippen LogP contribution in [0.4, 0.5) is 0 Å². The summed E-state index contributed by atoms with van der Waals surface area (Å²) in [6.45, 7) is 1.62. The molecule has 0 aliphatic carbocycles. The molecule has 4 heteroatoms. The number of hydrogen-bond acceptors (Lipinski definition) is 3. The average Bonchev–Trinajstić information content (AvgIpc) is 2.27. The van der Waals surface area contributed by atoms with Crippen LogP contribution in [-0.2, 0) is 9.59 Å². The summed E-state index contributed by atoms with van der Waals surface area (Å²) in [7, 11) is 0. The number of amides is 1. The van der Waals surface area contributed by atoms with Gasteiger partial charge in [-0.3, -0.25) is 4.79 Å². The van der Waals surface area contributed by atoms with Gasteiger partial charge in [-0.15, -0.1) is 0 Å². The Balaban J connectivity index is 2.34.